The first-order chi connectivity index (χ1) is 9.47. The third-order valence-electron chi connectivity index (χ3n) is 3.02. The Balaban J connectivity index is 2.03. The average Bonchev–Trinajstić information content (AvgIpc) is 2.86. The Kier molecular flexibility index (Phi) is 4.39. The van der Waals surface area contributed by atoms with Gasteiger partial charge in [0.15, 0.2) is 6.61 Å². The van der Waals surface area contributed by atoms with Crippen LogP contribution in [-0.2, 0) is 6.61 Å². The number of benzene rings is 1. The van der Waals surface area contributed by atoms with Crippen molar-refractivity contribution in [2.75, 3.05) is 0 Å². The zero-order valence-corrected chi connectivity index (χ0v) is 12.3. The van der Waals surface area contributed by atoms with Gasteiger partial charge in [-0.3, -0.25) is 0 Å². The minimum atomic E-state index is -0.478. The second-order valence-corrected chi connectivity index (χ2v) is 5.19. The number of aliphatic hydroxyl groups is 1. The zero-order chi connectivity index (χ0) is 14.7. The fraction of sp³-hybridized carbons (Fsp3) is 0.467. The third-order valence-corrected chi connectivity index (χ3v) is 3.02. The SMILES string of the molecule is Cc1cc([C@H](C)O)ccc1OCc1noc(C(C)C)n1. The minimum Gasteiger partial charge on any atom is -0.485 e. The van der Waals surface area contributed by atoms with Gasteiger partial charge in [0, 0.05) is 5.92 Å². The molecule has 1 aromatic carbocycles. The van der Waals surface area contributed by atoms with Crippen molar-refractivity contribution in [2.24, 2.45) is 0 Å². The molecule has 5 heteroatoms. The molecule has 0 saturated heterocycles. The predicted molar refractivity (Wildman–Crippen MR) is 74.5 cm³/mol. The molecule has 0 aliphatic rings. The van der Waals surface area contributed by atoms with Crippen LogP contribution in [0, 0.1) is 6.92 Å². The number of aliphatic hydroxyl groups excluding tert-OH is 1. The molecule has 0 aliphatic heterocycles. The van der Waals surface area contributed by atoms with E-state index in [2.05, 4.69) is 10.1 Å². The summed E-state index contributed by atoms with van der Waals surface area (Å²) in [5, 5.41) is 13.4. The van der Waals surface area contributed by atoms with Crippen molar-refractivity contribution in [1.29, 1.82) is 0 Å². The molecule has 0 bridgehead atoms. The van der Waals surface area contributed by atoms with E-state index in [-0.39, 0.29) is 12.5 Å². The Bertz CT molecular complexity index is 576. The van der Waals surface area contributed by atoms with Gasteiger partial charge < -0.3 is 14.4 Å². The van der Waals surface area contributed by atoms with Crippen LogP contribution < -0.4 is 4.74 Å². The molecule has 108 valence electrons. The Morgan fingerprint density at radius 2 is 2.05 bits per heavy atom. The monoisotopic (exact) mass is 276 g/mol. The zero-order valence-electron chi connectivity index (χ0n) is 12.3. The second kappa shape index (κ2) is 6.05. The quantitative estimate of drug-likeness (QED) is 0.908. The first-order valence-corrected chi connectivity index (χ1v) is 6.71. The van der Waals surface area contributed by atoms with Crippen LogP contribution in [0.3, 0.4) is 0 Å². The fourth-order valence-corrected chi connectivity index (χ4v) is 1.80. The highest BCUT2D eigenvalue weighted by Gasteiger charge is 2.11. The van der Waals surface area contributed by atoms with Gasteiger partial charge in [0.2, 0.25) is 11.7 Å². The molecule has 0 radical (unpaired) electrons. The largest absolute Gasteiger partial charge is 0.485 e. The number of hydrogen-bond donors (Lipinski definition) is 1. The number of aryl methyl sites for hydroxylation is 1. The molecule has 0 spiro atoms. The summed E-state index contributed by atoms with van der Waals surface area (Å²) in [5.74, 6) is 2.12. The Morgan fingerprint density at radius 1 is 1.30 bits per heavy atom. The molecule has 0 aliphatic carbocycles. The van der Waals surface area contributed by atoms with Crippen molar-refractivity contribution < 1.29 is 14.4 Å². The molecule has 5 nitrogen and oxygen atoms in total. The summed E-state index contributed by atoms with van der Waals surface area (Å²) in [6.07, 6.45) is -0.478. The van der Waals surface area contributed by atoms with Crippen molar-refractivity contribution in [3.63, 3.8) is 0 Å². The van der Waals surface area contributed by atoms with E-state index in [1.807, 2.05) is 39.0 Å². The lowest BCUT2D eigenvalue weighted by atomic mass is 10.1. The van der Waals surface area contributed by atoms with Gasteiger partial charge >= 0.3 is 0 Å². The van der Waals surface area contributed by atoms with Crippen LogP contribution in [0.25, 0.3) is 0 Å². The first kappa shape index (κ1) is 14.5. The predicted octanol–water partition coefficient (Wildman–Crippen LogP) is 3.13. The summed E-state index contributed by atoms with van der Waals surface area (Å²) in [5.41, 5.74) is 1.84. The molecule has 0 saturated carbocycles. The van der Waals surface area contributed by atoms with Crippen LogP contribution in [-0.4, -0.2) is 15.2 Å². The smallest absolute Gasteiger partial charge is 0.229 e. The van der Waals surface area contributed by atoms with Crippen LogP contribution in [0.1, 0.15) is 55.6 Å². The third kappa shape index (κ3) is 3.36. The van der Waals surface area contributed by atoms with Gasteiger partial charge in [-0.2, -0.15) is 4.98 Å². The van der Waals surface area contributed by atoms with E-state index >= 15 is 0 Å². The second-order valence-electron chi connectivity index (χ2n) is 5.19. The first-order valence-electron chi connectivity index (χ1n) is 6.71. The Labute approximate surface area is 118 Å². The lowest BCUT2D eigenvalue weighted by Crippen LogP contribution is -2.00. The maximum absolute atomic E-state index is 9.53. The van der Waals surface area contributed by atoms with Gasteiger partial charge in [-0.1, -0.05) is 25.1 Å². The van der Waals surface area contributed by atoms with Gasteiger partial charge in [-0.05, 0) is 37.1 Å². The molecule has 2 aromatic rings. The lowest BCUT2D eigenvalue weighted by molar-refractivity contribution is 0.199. The van der Waals surface area contributed by atoms with E-state index < -0.39 is 6.10 Å². The van der Waals surface area contributed by atoms with E-state index in [1.165, 1.54) is 0 Å². The van der Waals surface area contributed by atoms with E-state index in [0.29, 0.717) is 11.7 Å². The molecule has 0 unspecified atom stereocenters. The van der Waals surface area contributed by atoms with Crippen molar-refractivity contribution in [3.8, 4) is 5.75 Å². The highest BCUT2D eigenvalue weighted by Crippen LogP contribution is 2.23. The van der Waals surface area contributed by atoms with Crippen LogP contribution in [0.5, 0.6) is 5.75 Å². The van der Waals surface area contributed by atoms with Gasteiger partial charge in [-0.25, -0.2) is 0 Å². The normalized spacial score (nSPS) is 12.7. The molecular formula is C15H20N2O3. The fourth-order valence-electron chi connectivity index (χ4n) is 1.80. The van der Waals surface area contributed by atoms with Crippen molar-refractivity contribution in [3.05, 3.63) is 41.0 Å². The molecule has 1 aromatic heterocycles. The average molecular weight is 276 g/mol. The maximum atomic E-state index is 9.53. The van der Waals surface area contributed by atoms with Crippen molar-refractivity contribution >= 4 is 0 Å². The van der Waals surface area contributed by atoms with E-state index in [0.717, 1.165) is 16.9 Å². The van der Waals surface area contributed by atoms with E-state index in [4.69, 9.17) is 9.26 Å². The summed E-state index contributed by atoms with van der Waals surface area (Å²) in [7, 11) is 0. The van der Waals surface area contributed by atoms with Crippen molar-refractivity contribution in [2.45, 2.75) is 46.3 Å². The molecule has 1 N–H and O–H groups in total. The summed E-state index contributed by atoms with van der Waals surface area (Å²) >= 11 is 0. The summed E-state index contributed by atoms with van der Waals surface area (Å²) in [4.78, 5) is 4.26. The minimum absolute atomic E-state index is 0.211. The van der Waals surface area contributed by atoms with Gasteiger partial charge in [-0.15, -0.1) is 0 Å². The number of hydrogen-bond acceptors (Lipinski definition) is 5. The highest BCUT2D eigenvalue weighted by atomic mass is 16.5. The molecule has 0 amide bonds. The number of ether oxygens (including phenoxy) is 1. The number of aromatic nitrogens is 2. The lowest BCUT2D eigenvalue weighted by Gasteiger charge is -2.10. The molecule has 1 heterocycles. The van der Waals surface area contributed by atoms with E-state index in [1.54, 1.807) is 6.92 Å². The molecule has 20 heavy (non-hydrogen) atoms. The van der Waals surface area contributed by atoms with Crippen LogP contribution >= 0.6 is 0 Å². The van der Waals surface area contributed by atoms with Gasteiger partial charge in [0.1, 0.15) is 5.75 Å². The van der Waals surface area contributed by atoms with Gasteiger partial charge in [0.05, 0.1) is 6.10 Å². The number of nitrogens with zero attached hydrogens (tertiary/aromatic N) is 2. The molecule has 0 fully saturated rings. The Hall–Kier alpha value is -1.88. The summed E-state index contributed by atoms with van der Waals surface area (Å²) < 4.78 is 10.8. The summed E-state index contributed by atoms with van der Waals surface area (Å²) in [6.45, 7) is 7.94. The van der Waals surface area contributed by atoms with Crippen LogP contribution in [0.2, 0.25) is 0 Å². The Morgan fingerprint density at radius 3 is 2.60 bits per heavy atom. The van der Waals surface area contributed by atoms with E-state index in [9.17, 15) is 5.11 Å². The molecule has 2 rings (SSSR count). The summed E-state index contributed by atoms with van der Waals surface area (Å²) in [6, 6.07) is 5.61. The highest BCUT2D eigenvalue weighted by molar-refractivity contribution is 5.36. The topological polar surface area (TPSA) is 68.4 Å². The van der Waals surface area contributed by atoms with Crippen LogP contribution in [0.4, 0.5) is 0 Å². The van der Waals surface area contributed by atoms with Crippen LogP contribution in [0.15, 0.2) is 22.7 Å². The molecule has 1 atom stereocenters. The van der Waals surface area contributed by atoms with Crippen molar-refractivity contribution in [1.82, 2.24) is 10.1 Å². The maximum Gasteiger partial charge on any atom is 0.229 e. The standard InChI is InChI=1S/C15H20N2O3/c1-9(2)15-16-14(17-20-15)8-19-13-6-5-12(11(4)18)7-10(13)3/h5-7,9,11,18H,8H2,1-4H3/t11-/m0/s1. The van der Waals surface area contributed by atoms with Gasteiger partial charge in [0.25, 0.3) is 0 Å². The number of rotatable bonds is 5. The molecular weight excluding hydrogens is 256 g/mol.